The summed E-state index contributed by atoms with van der Waals surface area (Å²) in [6.07, 6.45) is 4.54. The Labute approximate surface area is 228 Å². The van der Waals surface area contributed by atoms with E-state index in [1.807, 2.05) is 60.9 Å². The van der Waals surface area contributed by atoms with Gasteiger partial charge in [0.15, 0.2) is 11.2 Å². The molecule has 0 saturated carbocycles. The number of aliphatic hydroxyl groups is 1. The minimum atomic E-state index is -0.421. The normalized spacial score (nSPS) is 12.2. The molecule has 9 nitrogen and oxygen atoms in total. The highest BCUT2D eigenvalue weighted by atomic mass is 16.5. The van der Waals surface area contributed by atoms with Crippen LogP contribution in [0.1, 0.15) is 64.1 Å². The summed E-state index contributed by atoms with van der Waals surface area (Å²) in [5.41, 5.74) is 2.38. The number of benzene rings is 1. The molecule has 9 heteroatoms. The zero-order chi connectivity index (χ0) is 27.9. The highest BCUT2D eigenvalue weighted by molar-refractivity contribution is 5.78. The van der Waals surface area contributed by atoms with Crippen molar-refractivity contribution in [1.29, 1.82) is 0 Å². The maximum atomic E-state index is 13.7. The van der Waals surface area contributed by atoms with E-state index in [0.29, 0.717) is 42.4 Å². The van der Waals surface area contributed by atoms with Crippen LogP contribution in [-0.4, -0.2) is 41.5 Å². The van der Waals surface area contributed by atoms with Crippen molar-refractivity contribution < 1.29 is 9.84 Å². The third-order valence-corrected chi connectivity index (χ3v) is 7.08. The van der Waals surface area contributed by atoms with Gasteiger partial charge in [-0.25, -0.2) is 14.8 Å². The highest BCUT2D eigenvalue weighted by Gasteiger charge is 2.23. The molecule has 3 heterocycles. The van der Waals surface area contributed by atoms with Gasteiger partial charge in [-0.05, 0) is 44.7 Å². The van der Waals surface area contributed by atoms with Gasteiger partial charge in [-0.1, -0.05) is 57.0 Å². The van der Waals surface area contributed by atoms with E-state index in [1.165, 1.54) is 9.13 Å². The quantitative estimate of drug-likeness (QED) is 0.271. The topological polar surface area (TPSA) is 104 Å². The zero-order valence-electron chi connectivity index (χ0n) is 23.4. The first-order valence-corrected chi connectivity index (χ1v) is 14.0. The molecule has 1 N–H and O–H groups in total. The molecule has 3 aromatic heterocycles. The fourth-order valence-electron chi connectivity index (χ4n) is 4.92. The molecule has 4 rings (SSSR count). The lowest BCUT2D eigenvalue weighted by Gasteiger charge is -2.17. The fraction of sp³-hybridized carbons (Fsp3) is 0.467. The molecule has 0 fully saturated rings. The van der Waals surface area contributed by atoms with Crippen molar-refractivity contribution in [2.24, 2.45) is 0 Å². The minimum Gasteiger partial charge on any atom is -0.474 e. The lowest BCUT2D eigenvalue weighted by Crippen LogP contribution is -2.40. The van der Waals surface area contributed by atoms with Gasteiger partial charge < -0.3 is 14.4 Å². The summed E-state index contributed by atoms with van der Waals surface area (Å²) in [4.78, 5) is 36.6. The first kappa shape index (κ1) is 28.3. The molecule has 208 valence electrons. The molecule has 39 heavy (non-hydrogen) atoms. The number of hydrogen-bond acceptors (Lipinski definition) is 6. The molecule has 0 bridgehead atoms. The highest BCUT2D eigenvalue weighted by Crippen LogP contribution is 2.28. The molecule has 0 radical (unpaired) electrons. The maximum absolute atomic E-state index is 13.7. The number of nitrogens with zero attached hydrogens (tertiary/aromatic N) is 5. The van der Waals surface area contributed by atoms with Crippen molar-refractivity contribution in [3.8, 4) is 17.3 Å². The first-order chi connectivity index (χ1) is 18.9. The van der Waals surface area contributed by atoms with Gasteiger partial charge in [-0.15, -0.1) is 0 Å². The SMILES string of the molecule is CCCCC(CC)Oc1ccc(-c2nc3c(c(=O)n(CCCO)c(=O)n3CC)n2Cc2ccccc2)c(C)n1. The Hall–Kier alpha value is -3.72. The molecule has 0 aliphatic rings. The van der Waals surface area contributed by atoms with Crippen molar-refractivity contribution in [3.05, 3.63) is 74.6 Å². The van der Waals surface area contributed by atoms with Gasteiger partial charge in [0, 0.05) is 37.9 Å². The monoisotopic (exact) mass is 533 g/mol. The number of pyridine rings is 1. The van der Waals surface area contributed by atoms with Crippen LogP contribution < -0.4 is 16.0 Å². The second-order valence-corrected chi connectivity index (χ2v) is 9.81. The van der Waals surface area contributed by atoms with Gasteiger partial charge in [0.25, 0.3) is 5.56 Å². The average molecular weight is 534 g/mol. The Bertz CT molecular complexity index is 1520. The van der Waals surface area contributed by atoms with Crippen LogP contribution in [0.5, 0.6) is 5.88 Å². The van der Waals surface area contributed by atoms with E-state index in [0.717, 1.165) is 42.5 Å². The van der Waals surface area contributed by atoms with E-state index in [2.05, 4.69) is 13.8 Å². The van der Waals surface area contributed by atoms with Crippen LogP contribution in [0.3, 0.4) is 0 Å². The number of aryl methyl sites for hydroxylation is 2. The number of fused-ring (bicyclic) bond motifs is 1. The van der Waals surface area contributed by atoms with Crippen LogP contribution in [0.4, 0.5) is 0 Å². The number of ether oxygens (including phenoxy) is 1. The molecule has 1 atom stereocenters. The molecule has 1 unspecified atom stereocenters. The van der Waals surface area contributed by atoms with E-state index in [-0.39, 0.29) is 19.3 Å². The molecule has 0 aliphatic heterocycles. The Morgan fingerprint density at radius 2 is 1.72 bits per heavy atom. The molecule has 0 saturated heterocycles. The summed E-state index contributed by atoms with van der Waals surface area (Å²) < 4.78 is 10.8. The molecular formula is C30H39N5O4. The van der Waals surface area contributed by atoms with Gasteiger partial charge in [-0.2, -0.15) is 0 Å². The number of aromatic nitrogens is 5. The van der Waals surface area contributed by atoms with Crippen molar-refractivity contribution in [2.75, 3.05) is 6.61 Å². The third kappa shape index (κ3) is 5.98. The lowest BCUT2D eigenvalue weighted by molar-refractivity contribution is 0.176. The van der Waals surface area contributed by atoms with Crippen molar-refractivity contribution in [1.82, 2.24) is 23.7 Å². The summed E-state index contributed by atoms with van der Waals surface area (Å²) in [7, 11) is 0. The Balaban J connectivity index is 1.90. The Morgan fingerprint density at radius 1 is 0.949 bits per heavy atom. The summed E-state index contributed by atoms with van der Waals surface area (Å²) in [6, 6.07) is 13.7. The van der Waals surface area contributed by atoms with E-state index in [9.17, 15) is 14.7 Å². The molecule has 1 aromatic carbocycles. The second-order valence-electron chi connectivity index (χ2n) is 9.81. The van der Waals surface area contributed by atoms with E-state index in [4.69, 9.17) is 14.7 Å². The van der Waals surface area contributed by atoms with Crippen LogP contribution in [-0.2, 0) is 19.6 Å². The summed E-state index contributed by atoms with van der Waals surface area (Å²) in [5.74, 6) is 1.14. The van der Waals surface area contributed by atoms with E-state index in [1.54, 1.807) is 0 Å². The number of unbranched alkanes of at least 4 members (excludes halogenated alkanes) is 1. The second kappa shape index (κ2) is 12.9. The fourth-order valence-corrected chi connectivity index (χ4v) is 4.92. The third-order valence-electron chi connectivity index (χ3n) is 7.08. The van der Waals surface area contributed by atoms with Crippen molar-refractivity contribution in [2.45, 2.75) is 85.5 Å². The summed E-state index contributed by atoms with van der Waals surface area (Å²) in [6.45, 7) is 8.85. The zero-order valence-corrected chi connectivity index (χ0v) is 23.4. The molecular weight excluding hydrogens is 494 g/mol. The first-order valence-electron chi connectivity index (χ1n) is 14.0. The van der Waals surface area contributed by atoms with Gasteiger partial charge >= 0.3 is 5.69 Å². The Morgan fingerprint density at radius 3 is 2.36 bits per heavy atom. The standard InChI is InChI=1S/C30H39N5O4/c1-5-8-15-23(6-2)39-25-17-16-24(21(4)31-25)27-32-28-26(35(27)20-22-13-10-9-11-14-22)29(37)34(18-12-19-36)30(38)33(28)7-3/h9-11,13-14,16-17,23,36H,5-8,12,15,18-20H2,1-4H3. The van der Waals surface area contributed by atoms with Crippen LogP contribution in [0.2, 0.25) is 0 Å². The molecule has 4 aromatic rings. The predicted molar refractivity (Wildman–Crippen MR) is 153 cm³/mol. The smallest absolute Gasteiger partial charge is 0.332 e. The van der Waals surface area contributed by atoms with Gasteiger partial charge in [-0.3, -0.25) is 13.9 Å². The predicted octanol–water partition coefficient (Wildman–Crippen LogP) is 4.53. The Kier molecular flexibility index (Phi) is 9.35. The molecule has 0 amide bonds. The maximum Gasteiger partial charge on any atom is 0.332 e. The minimum absolute atomic E-state index is 0.110. The van der Waals surface area contributed by atoms with Crippen molar-refractivity contribution >= 4 is 11.2 Å². The van der Waals surface area contributed by atoms with E-state index >= 15 is 0 Å². The van der Waals surface area contributed by atoms with E-state index < -0.39 is 11.2 Å². The van der Waals surface area contributed by atoms with Gasteiger partial charge in [0.1, 0.15) is 11.9 Å². The average Bonchev–Trinajstić information content (AvgIpc) is 3.30. The van der Waals surface area contributed by atoms with Crippen LogP contribution in [0.25, 0.3) is 22.6 Å². The van der Waals surface area contributed by atoms with Gasteiger partial charge in [0.2, 0.25) is 5.88 Å². The number of aliphatic hydroxyl groups excluding tert-OH is 1. The summed E-state index contributed by atoms with van der Waals surface area (Å²) in [5, 5.41) is 9.36. The number of hydrogen-bond donors (Lipinski definition) is 1. The van der Waals surface area contributed by atoms with Crippen LogP contribution >= 0.6 is 0 Å². The number of rotatable bonds is 13. The summed E-state index contributed by atoms with van der Waals surface area (Å²) >= 11 is 0. The molecule has 0 spiro atoms. The van der Waals surface area contributed by atoms with Crippen molar-refractivity contribution in [3.63, 3.8) is 0 Å². The number of imidazole rings is 1. The molecule has 0 aliphatic carbocycles. The lowest BCUT2D eigenvalue weighted by atomic mass is 10.1. The van der Waals surface area contributed by atoms with Crippen LogP contribution in [0.15, 0.2) is 52.1 Å². The van der Waals surface area contributed by atoms with Gasteiger partial charge in [0.05, 0.1) is 5.69 Å². The largest absolute Gasteiger partial charge is 0.474 e. The van der Waals surface area contributed by atoms with Crippen LogP contribution in [0, 0.1) is 6.92 Å².